The molecule has 0 aliphatic heterocycles. The Balaban J connectivity index is 1.46. The Labute approximate surface area is 172 Å². The van der Waals surface area contributed by atoms with Gasteiger partial charge in [0.15, 0.2) is 5.82 Å². The molecule has 1 N–H and O–H groups in total. The summed E-state index contributed by atoms with van der Waals surface area (Å²) in [5.74, 6) is 0.898. The molecule has 0 radical (unpaired) electrons. The Hall–Kier alpha value is -3.71. The fourth-order valence-electron chi connectivity index (χ4n) is 2.65. The number of hydrogen-bond acceptors (Lipinski definition) is 5. The number of hydrogen-bond donors (Lipinski definition) is 1. The third-order valence-electron chi connectivity index (χ3n) is 3.95. The van der Waals surface area contributed by atoms with Gasteiger partial charge in [-0.2, -0.15) is 5.10 Å². The Morgan fingerprint density at radius 2 is 1.97 bits per heavy atom. The van der Waals surface area contributed by atoms with E-state index in [9.17, 15) is 4.79 Å². The number of nitrogens with zero attached hydrogens (tertiary/aromatic N) is 4. The van der Waals surface area contributed by atoms with E-state index in [0.29, 0.717) is 23.7 Å². The molecule has 3 aromatic heterocycles. The molecule has 0 unspecified atom stereocenters. The minimum Gasteiger partial charge on any atom is -0.439 e. The van der Waals surface area contributed by atoms with Crippen molar-refractivity contribution < 1.29 is 9.53 Å². The van der Waals surface area contributed by atoms with E-state index in [4.69, 9.17) is 16.3 Å². The number of para-hydroxylation sites is 1. The maximum Gasteiger partial charge on any atom is 0.257 e. The topological polar surface area (TPSA) is 81.9 Å². The maximum absolute atomic E-state index is 12.6. The first kappa shape index (κ1) is 18.6. The number of halogens is 1. The summed E-state index contributed by atoms with van der Waals surface area (Å²) in [6.07, 6.45) is 5.27. The van der Waals surface area contributed by atoms with Crippen LogP contribution in [0.4, 0.5) is 5.82 Å². The lowest BCUT2D eigenvalue weighted by atomic mass is 10.2. The second-order valence-electron chi connectivity index (χ2n) is 6.15. The molecule has 4 rings (SSSR count). The number of pyridine rings is 2. The van der Waals surface area contributed by atoms with E-state index in [2.05, 4.69) is 20.4 Å². The molecule has 0 aliphatic carbocycles. The van der Waals surface area contributed by atoms with Crippen LogP contribution in [0.5, 0.6) is 11.6 Å². The minimum atomic E-state index is -0.362. The number of anilines is 1. The smallest absolute Gasteiger partial charge is 0.257 e. The zero-order valence-corrected chi connectivity index (χ0v) is 16.0. The van der Waals surface area contributed by atoms with Crippen molar-refractivity contribution in [2.75, 3.05) is 5.32 Å². The van der Waals surface area contributed by atoms with Gasteiger partial charge < -0.3 is 10.1 Å². The molecule has 1 aromatic carbocycles. The maximum atomic E-state index is 12.6. The second kappa shape index (κ2) is 8.53. The lowest BCUT2D eigenvalue weighted by Crippen LogP contribution is -2.13. The molecule has 0 atom stereocenters. The fourth-order valence-corrected chi connectivity index (χ4v) is 2.85. The van der Waals surface area contributed by atoms with Crippen molar-refractivity contribution in [3.63, 3.8) is 0 Å². The molecule has 3 heterocycles. The number of benzene rings is 1. The molecule has 7 nitrogen and oxygen atoms in total. The van der Waals surface area contributed by atoms with E-state index < -0.39 is 0 Å². The molecule has 0 spiro atoms. The number of ether oxygens (including phenoxy) is 1. The Morgan fingerprint density at radius 1 is 1.10 bits per heavy atom. The summed E-state index contributed by atoms with van der Waals surface area (Å²) in [6, 6.07) is 17.7. The third kappa shape index (κ3) is 4.97. The van der Waals surface area contributed by atoms with Crippen molar-refractivity contribution in [1.82, 2.24) is 19.7 Å². The first-order valence-electron chi connectivity index (χ1n) is 8.80. The van der Waals surface area contributed by atoms with Crippen LogP contribution in [-0.4, -0.2) is 25.7 Å². The highest BCUT2D eigenvalue weighted by Gasteiger charge is 2.12. The van der Waals surface area contributed by atoms with Crippen molar-refractivity contribution in [2.45, 2.75) is 6.54 Å². The highest BCUT2D eigenvalue weighted by atomic mass is 35.5. The average molecular weight is 406 g/mol. The van der Waals surface area contributed by atoms with Gasteiger partial charge in [-0.25, -0.2) is 4.98 Å². The summed E-state index contributed by atoms with van der Waals surface area (Å²) in [7, 11) is 0. The first-order valence-corrected chi connectivity index (χ1v) is 9.18. The van der Waals surface area contributed by atoms with Crippen LogP contribution in [0, 0.1) is 0 Å². The van der Waals surface area contributed by atoms with E-state index >= 15 is 0 Å². The van der Waals surface area contributed by atoms with Crippen LogP contribution >= 0.6 is 11.6 Å². The number of amides is 1. The molecule has 1 amide bonds. The fraction of sp³-hybridized carbons (Fsp3) is 0.0476. The number of nitrogens with one attached hydrogen (secondary N) is 1. The number of carbonyl (C=O) groups is 1. The van der Waals surface area contributed by atoms with Gasteiger partial charge in [0.25, 0.3) is 5.91 Å². The number of rotatable bonds is 6. The summed E-state index contributed by atoms with van der Waals surface area (Å²) in [4.78, 5) is 20.8. The van der Waals surface area contributed by atoms with Gasteiger partial charge in [-0.15, -0.1) is 0 Å². The van der Waals surface area contributed by atoms with Crippen LogP contribution in [0.3, 0.4) is 0 Å². The number of carbonyl (C=O) groups excluding carboxylic acids is 1. The van der Waals surface area contributed by atoms with Crippen molar-refractivity contribution >= 4 is 23.3 Å². The van der Waals surface area contributed by atoms with Crippen LogP contribution < -0.4 is 10.1 Å². The van der Waals surface area contributed by atoms with Crippen LogP contribution in [0.1, 0.15) is 15.9 Å². The van der Waals surface area contributed by atoms with E-state index in [0.717, 1.165) is 5.56 Å². The predicted molar refractivity (Wildman–Crippen MR) is 109 cm³/mol. The molecule has 29 heavy (non-hydrogen) atoms. The summed E-state index contributed by atoms with van der Waals surface area (Å²) in [5.41, 5.74) is 1.33. The molecule has 4 aromatic rings. The van der Waals surface area contributed by atoms with Gasteiger partial charge in [0.05, 0.1) is 6.54 Å². The Bertz CT molecular complexity index is 1120. The summed E-state index contributed by atoms with van der Waals surface area (Å²) >= 11 is 6.06. The van der Waals surface area contributed by atoms with Crippen LogP contribution in [-0.2, 0) is 6.54 Å². The highest BCUT2D eigenvalue weighted by Crippen LogP contribution is 2.23. The van der Waals surface area contributed by atoms with E-state index in [-0.39, 0.29) is 16.9 Å². The molecule has 0 aliphatic rings. The summed E-state index contributed by atoms with van der Waals surface area (Å²) < 4.78 is 7.39. The van der Waals surface area contributed by atoms with Gasteiger partial charge in [-0.1, -0.05) is 35.9 Å². The molecule has 0 bridgehead atoms. The van der Waals surface area contributed by atoms with Gasteiger partial charge in [0, 0.05) is 36.3 Å². The van der Waals surface area contributed by atoms with Crippen molar-refractivity contribution in [3.8, 4) is 11.6 Å². The van der Waals surface area contributed by atoms with Gasteiger partial charge in [-0.3, -0.25) is 14.5 Å². The molecule has 144 valence electrons. The largest absolute Gasteiger partial charge is 0.439 e. The van der Waals surface area contributed by atoms with Crippen LogP contribution in [0.25, 0.3) is 0 Å². The predicted octanol–water partition coefficient (Wildman–Crippen LogP) is 4.42. The van der Waals surface area contributed by atoms with Gasteiger partial charge in [0.2, 0.25) is 5.88 Å². The van der Waals surface area contributed by atoms with Crippen molar-refractivity contribution in [1.29, 1.82) is 0 Å². The van der Waals surface area contributed by atoms with Gasteiger partial charge >= 0.3 is 0 Å². The van der Waals surface area contributed by atoms with Crippen LogP contribution in [0.2, 0.25) is 5.15 Å². The number of aromatic nitrogens is 4. The quantitative estimate of drug-likeness (QED) is 0.480. The lowest BCUT2D eigenvalue weighted by Gasteiger charge is -2.08. The Kier molecular flexibility index (Phi) is 5.49. The molecule has 0 saturated carbocycles. The SMILES string of the molecule is O=C(Nc1ccn(Cc2cccnc2)n1)c1cc(Cl)nc(Oc2ccccc2)c1. The molecular weight excluding hydrogens is 390 g/mol. The monoisotopic (exact) mass is 405 g/mol. The van der Waals surface area contributed by atoms with Crippen molar-refractivity contribution in [2.24, 2.45) is 0 Å². The standard InChI is InChI=1S/C21H16ClN5O2/c22-18-11-16(12-20(24-18)29-17-6-2-1-3-7-17)21(28)25-19-8-10-27(26-19)14-15-5-4-9-23-13-15/h1-13H,14H2,(H,25,26,28). The second-order valence-corrected chi connectivity index (χ2v) is 6.53. The molecule has 0 fully saturated rings. The van der Waals surface area contributed by atoms with E-state index in [1.165, 1.54) is 12.1 Å². The van der Waals surface area contributed by atoms with E-state index in [1.807, 2.05) is 30.3 Å². The molecular formula is C21H16ClN5O2. The molecule has 8 heteroatoms. The van der Waals surface area contributed by atoms with Crippen LogP contribution in [0.15, 0.2) is 79.3 Å². The first-order chi connectivity index (χ1) is 14.2. The minimum absolute atomic E-state index is 0.158. The Morgan fingerprint density at radius 3 is 2.76 bits per heavy atom. The zero-order chi connectivity index (χ0) is 20.1. The zero-order valence-electron chi connectivity index (χ0n) is 15.2. The normalized spacial score (nSPS) is 10.5. The van der Waals surface area contributed by atoms with E-state index in [1.54, 1.807) is 41.5 Å². The van der Waals surface area contributed by atoms with Gasteiger partial charge in [-0.05, 0) is 29.8 Å². The van der Waals surface area contributed by atoms with Crippen molar-refractivity contribution in [3.05, 3.63) is 95.5 Å². The lowest BCUT2D eigenvalue weighted by molar-refractivity contribution is 0.102. The summed E-state index contributed by atoms with van der Waals surface area (Å²) in [5, 5.41) is 7.27. The molecule has 0 saturated heterocycles. The third-order valence-corrected chi connectivity index (χ3v) is 4.14. The van der Waals surface area contributed by atoms with Gasteiger partial charge in [0.1, 0.15) is 10.9 Å². The summed E-state index contributed by atoms with van der Waals surface area (Å²) in [6.45, 7) is 0.555. The highest BCUT2D eigenvalue weighted by molar-refractivity contribution is 6.30. The average Bonchev–Trinajstić information content (AvgIpc) is 3.16.